The minimum absolute atomic E-state index is 0.126. The first-order valence-corrected chi connectivity index (χ1v) is 13.5. The number of para-hydroxylation sites is 1. The number of unbranched alkanes of at least 4 members (excludes halogenated alkanes) is 2. The summed E-state index contributed by atoms with van der Waals surface area (Å²) in [6, 6.07) is 11.4. The number of carboxylic acids is 1. The number of aliphatic carboxylic acids is 1. The smallest absolute Gasteiger partial charge is 0.303 e. The van der Waals surface area contributed by atoms with E-state index in [0.717, 1.165) is 23.3 Å². The molecule has 0 saturated heterocycles. The molecule has 2 aromatic heterocycles. The van der Waals surface area contributed by atoms with Crippen molar-refractivity contribution in [3.05, 3.63) is 89.8 Å². The molecule has 8 nitrogen and oxygen atoms in total. The number of aliphatic hydroxyl groups is 1. The molecule has 206 valence electrons. The third-order valence-corrected chi connectivity index (χ3v) is 6.90. The number of nitrogens with one attached hydrogen (secondary N) is 1. The van der Waals surface area contributed by atoms with Crippen molar-refractivity contribution in [2.45, 2.75) is 57.5 Å². The van der Waals surface area contributed by atoms with E-state index >= 15 is 0 Å². The van der Waals surface area contributed by atoms with Gasteiger partial charge in [-0.1, -0.05) is 36.4 Å². The Balaban J connectivity index is 1.61. The second kappa shape index (κ2) is 11.8. The second-order valence-corrected chi connectivity index (χ2v) is 10.1. The van der Waals surface area contributed by atoms with E-state index in [-0.39, 0.29) is 18.7 Å². The van der Waals surface area contributed by atoms with Crippen LogP contribution < -0.4 is 5.32 Å². The fourth-order valence-electron chi connectivity index (χ4n) is 4.66. The van der Waals surface area contributed by atoms with Gasteiger partial charge in [-0.25, -0.2) is 19.3 Å². The number of anilines is 2. The molecule has 1 saturated carbocycles. The molecule has 9 heteroatoms. The normalized spacial score (nSPS) is 16.2. The fraction of sp³-hybridized carbons (Fsp3) is 0.290. The molecular weight excluding hydrogens is 509 g/mol. The van der Waals surface area contributed by atoms with Crippen LogP contribution in [0, 0.1) is 0 Å². The molecule has 0 spiro atoms. The molecule has 2 heterocycles. The van der Waals surface area contributed by atoms with Crippen molar-refractivity contribution in [2.75, 3.05) is 5.32 Å². The maximum atomic E-state index is 14.4. The van der Waals surface area contributed by atoms with Crippen LogP contribution in [-0.2, 0) is 10.4 Å². The molecule has 40 heavy (non-hydrogen) atoms. The quantitative estimate of drug-likeness (QED) is 0.230. The van der Waals surface area contributed by atoms with Crippen molar-refractivity contribution in [1.82, 2.24) is 19.5 Å². The molecule has 5 rings (SSSR count). The molecule has 3 aromatic rings. The summed E-state index contributed by atoms with van der Waals surface area (Å²) in [5.74, 6) is -0.142. The van der Waals surface area contributed by atoms with Crippen LogP contribution in [0.1, 0.15) is 63.4 Å². The van der Waals surface area contributed by atoms with Crippen LogP contribution in [0.15, 0.2) is 78.3 Å². The van der Waals surface area contributed by atoms with Crippen LogP contribution in [0.4, 0.5) is 16.0 Å². The number of carbonyl (C=O) groups is 1. The van der Waals surface area contributed by atoms with Gasteiger partial charge in [0.2, 0.25) is 5.95 Å². The monoisotopic (exact) mass is 541 g/mol. The highest BCUT2D eigenvalue weighted by atomic mass is 19.1. The Kier molecular flexibility index (Phi) is 8.02. The lowest BCUT2D eigenvalue weighted by Gasteiger charge is -2.14. The van der Waals surface area contributed by atoms with Gasteiger partial charge in [0.05, 0.1) is 11.4 Å². The zero-order valence-electron chi connectivity index (χ0n) is 22.3. The highest BCUT2D eigenvalue weighted by molar-refractivity contribution is 5.86. The summed E-state index contributed by atoms with van der Waals surface area (Å²) < 4.78 is 16.3. The van der Waals surface area contributed by atoms with Crippen LogP contribution in [0.3, 0.4) is 0 Å². The Labute approximate surface area is 232 Å². The zero-order chi connectivity index (χ0) is 28.1. The molecule has 1 aromatic carbocycles. The number of rotatable bonds is 11. The number of nitrogens with zero attached hydrogens (tertiary/aromatic N) is 4. The van der Waals surface area contributed by atoms with Crippen molar-refractivity contribution < 1.29 is 19.4 Å². The summed E-state index contributed by atoms with van der Waals surface area (Å²) >= 11 is 0. The molecule has 2 aliphatic carbocycles. The van der Waals surface area contributed by atoms with Crippen LogP contribution in [-0.4, -0.2) is 35.7 Å². The SMILES string of the molecule is CC1=C(c2c(-c3ccnc(Nc4ccccc4)n3)nc(C3(O)CC3)n2/C=C/CCCCC(=O)O)C=CCC(F)=C1. The van der Waals surface area contributed by atoms with E-state index in [0.29, 0.717) is 54.5 Å². The summed E-state index contributed by atoms with van der Waals surface area (Å²) in [4.78, 5) is 24.9. The minimum Gasteiger partial charge on any atom is -0.481 e. The number of halogens is 1. The van der Waals surface area contributed by atoms with Gasteiger partial charge in [-0.2, -0.15) is 0 Å². The number of benzene rings is 1. The predicted octanol–water partition coefficient (Wildman–Crippen LogP) is 6.77. The molecule has 0 aliphatic heterocycles. The number of hydrogen-bond donors (Lipinski definition) is 3. The molecule has 0 bridgehead atoms. The Morgan fingerprint density at radius 2 is 1.98 bits per heavy atom. The first-order valence-electron chi connectivity index (χ1n) is 13.5. The molecule has 1 fully saturated rings. The Morgan fingerprint density at radius 1 is 1.18 bits per heavy atom. The van der Waals surface area contributed by atoms with Crippen molar-refractivity contribution in [1.29, 1.82) is 0 Å². The number of allylic oxidation sites excluding steroid dienone is 7. The largest absolute Gasteiger partial charge is 0.481 e. The minimum atomic E-state index is -1.07. The first-order chi connectivity index (χ1) is 19.3. The number of hydrogen-bond acceptors (Lipinski definition) is 6. The lowest BCUT2D eigenvalue weighted by atomic mass is 10.0. The van der Waals surface area contributed by atoms with E-state index in [4.69, 9.17) is 15.1 Å². The van der Waals surface area contributed by atoms with Crippen molar-refractivity contribution in [2.24, 2.45) is 0 Å². The van der Waals surface area contributed by atoms with E-state index in [1.54, 1.807) is 18.3 Å². The lowest BCUT2D eigenvalue weighted by molar-refractivity contribution is -0.137. The maximum Gasteiger partial charge on any atom is 0.303 e. The average molecular weight is 542 g/mol. The van der Waals surface area contributed by atoms with Crippen molar-refractivity contribution >= 4 is 29.4 Å². The Morgan fingerprint density at radius 3 is 2.73 bits per heavy atom. The van der Waals surface area contributed by atoms with Gasteiger partial charge < -0.3 is 20.1 Å². The van der Waals surface area contributed by atoms with Gasteiger partial charge in [-0.15, -0.1) is 0 Å². The topological polar surface area (TPSA) is 113 Å². The molecule has 0 amide bonds. The predicted molar refractivity (Wildman–Crippen MR) is 153 cm³/mol. The van der Waals surface area contributed by atoms with E-state index in [1.165, 1.54) is 6.08 Å². The number of imidazole rings is 1. The molecule has 0 atom stereocenters. The van der Waals surface area contributed by atoms with Crippen molar-refractivity contribution in [3.63, 3.8) is 0 Å². The van der Waals surface area contributed by atoms with Gasteiger partial charge in [-0.3, -0.25) is 4.79 Å². The lowest BCUT2D eigenvalue weighted by Crippen LogP contribution is -2.12. The van der Waals surface area contributed by atoms with Crippen molar-refractivity contribution in [3.8, 4) is 11.4 Å². The van der Waals surface area contributed by atoms with Crippen LogP contribution in [0.25, 0.3) is 23.2 Å². The Bertz CT molecular complexity index is 1520. The second-order valence-electron chi connectivity index (χ2n) is 10.1. The average Bonchev–Trinajstić information content (AvgIpc) is 3.60. The van der Waals surface area contributed by atoms with Crippen LogP contribution >= 0.6 is 0 Å². The van der Waals surface area contributed by atoms with Gasteiger partial charge in [0.15, 0.2) is 0 Å². The highest BCUT2D eigenvalue weighted by Crippen LogP contribution is 2.47. The fourth-order valence-corrected chi connectivity index (χ4v) is 4.66. The third kappa shape index (κ3) is 6.26. The van der Waals surface area contributed by atoms with Gasteiger partial charge >= 0.3 is 5.97 Å². The van der Waals surface area contributed by atoms with Crippen LogP contribution in [0.2, 0.25) is 0 Å². The number of carboxylic acid groups (broad SMARTS) is 1. The van der Waals surface area contributed by atoms with Gasteiger partial charge in [0, 0.05) is 36.5 Å². The van der Waals surface area contributed by atoms with E-state index < -0.39 is 11.6 Å². The molecule has 0 radical (unpaired) electrons. The Hall–Kier alpha value is -4.37. The van der Waals surface area contributed by atoms with E-state index in [1.807, 2.05) is 60.2 Å². The molecule has 3 N–H and O–H groups in total. The highest BCUT2D eigenvalue weighted by Gasteiger charge is 2.47. The van der Waals surface area contributed by atoms with Gasteiger partial charge in [0.1, 0.15) is 22.9 Å². The molecular formula is C31H32FN5O3. The zero-order valence-corrected chi connectivity index (χ0v) is 22.3. The summed E-state index contributed by atoms with van der Waals surface area (Å²) in [7, 11) is 0. The summed E-state index contributed by atoms with van der Waals surface area (Å²) in [6.45, 7) is 1.86. The van der Waals surface area contributed by atoms with E-state index in [9.17, 15) is 14.3 Å². The third-order valence-electron chi connectivity index (χ3n) is 6.90. The summed E-state index contributed by atoms with van der Waals surface area (Å²) in [5.41, 5.74) is 3.09. The van der Waals surface area contributed by atoms with Gasteiger partial charge in [-0.05, 0) is 68.9 Å². The first kappa shape index (κ1) is 27.2. The van der Waals surface area contributed by atoms with E-state index in [2.05, 4.69) is 10.3 Å². The standard InChI is InChI=1S/C31H32FN5O3/c1-21-20-22(32)10-9-13-24(21)28-27(25-15-18-33-30(35-25)34-23-11-5-4-6-12-23)36-29(31(40)16-17-31)37(28)19-8-3-2-7-14-26(38)39/h4-6,8-9,11-13,15,18-20,40H,2-3,7,10,14,16-17H2,1H3,(H,38,39)(H,33,34,35)/b19-8+. The van der Waals surface area contributed by atoms with Gasteiger partial charge in [0.25, 0.3) is 0 Å². The molecule has 2 aliphatic rings. The van der Waals surface area contributed by atoms with Crippen LogP contribution in [0.5, 0.6) is 0 Å². The molecule has 0 unspecified atom stereocenters. The summed E-state index contributed by atoms with van der Waals surface area (Å²) in [6.07, 6.45) is 14.1. The number of aromatic nitrogens is 4. The summed E-state index contributed by atoms with van der Waals surface area (Å²) in [5, 5.41) is 23.4. The maximum absolute atomic E-state index is 14.4.